The molecule has 18 heavy (non-hydrogen) atoms. The predicted molar refractivity (Wildman–Crippen MR) is 62.0 cm³/mol. The molecule has 0 aliphatic heterocycles. The van der Waals surface area contributed by atoms with Gasteiger partial charge in [0, 0.05) is 12.7 Å². The standard InChI is InChI=1S/C12H14N2O4/c1-3-14-8(6-7-13-14)11(15)9-4-5-10(18-9)12(16)17-2/h4-7,11,15H,3H2,1-2H3. The molecule has 0 bridgehead atoms. The lowest BCUT2D eigenvalue weighted by molar-refractivity contribution is 0.0557. The maximum atomic E-state index is 11.2. The lowest BCUT2D eigenvalue weighted by Crippen LogP contribution is -2.08. The van der Waals surface area contributed by atoms with Crippen molar-refractivity contribution in [2.45, 2.75) is 19.6 Å². The summed E-state index contributed by atoms with van der Waals surface area (Å²) in [6.45, 7) is 2.56. The van der Waals surface area contributed by atoms with E-state index in [1.54, 1.807) is 23.0 Å². The van der Waals surface area contributed by atoms with Crippen LogP contribution in [0.25, 0.3) is 0 Å². The van der Waals surface area contributed by atoms with Gasteiger partial charge in [-0.25, -0.2) is 4.79 Å². The minimum atomic E-state index is -0.953. The van der Waals surface area contributed by atoms with Crippen molar-refractivity contribution in [2.24, 2.45) is 0 Å². The fourth-order valence-corrected chi connectivity index (χ4v) is 1.70. The van der Waals surface area contributed by atoms with Gasteiger partial charge in [-0.05, 0) is 25.1 Å². The lowest BCUT2D eigenvalue weighted by atomic mass is 10.2. The first-order valence-corrected chi connectivity index (χ1v) is 5.55. The van der Waals surface area contributed by atoms with Gasteiger partial charge in [-0.15, -0.1) is 0 Å². The van der Waals surface area contributed by atoms with E-state index in [2.05, 4.69) is 9.84 Å². The SMILES string of the molecule is CCn1nccc1C(O)c1ccc(C(=O)OC)o1. The maximum Gasteiger partial charge on any atom is 0.373 e. The average Bonchev–Trinajstić information content (AvgIpc) is 3.05. The molecular weight excluding hydrogens is 236 g/mol. The Morgan fingerprint density at radius 3 is 3.00 bits per heavy atom. The van der Waals surface area contributed by atoms with Crippen LogP contribution in [0.2, 0.25) is 0 Å². The average molecular weight is 250 g/mol. The van der Waals surface area contributed by atoms with Gasteiger partial charge in [-0.2, -0.15) is 5.10 Å². The van der Waals surface area contributed by atoms with Crippen LogP contribution in [0.5, 0.6) is 0 Å². The number of aliphatic hydroxyl groups is 1. The zero-order valence-corrected chi connectivity index (χ0v) is 10.2. The predicted octanol–water partition coefficient (Wildman–Crippen LogP) is 1.36. The molecule has 2 aromatic rings. The number of nitrogens with zero attached hydrogens (tertiary/aromatic N) is 2. The van der Waals surface area contributed by atoms with E-state index >= 15 is 0 Å². The van der Waals surface area contributed by atoms with Crippen LogP contribution in [-0.4, -0.2) is 28.0 Å². The van der Waals surface area contributed by atoms with Gasteiger partial charge in [-0.3, -0.25) is 4.68 Å². The molecule has 1 N–H and O–H groups in total. The monoisotopic (exact) mass is 250 g/mol. The Kier molecular flexibility index (Phi) is 3.47. The van der Waals surface area contributed by atoms with Gasteiger partial charge in [-0.1, -0.05) is 0 Å². The van der Waals surface area contributed by atoms with Crippen molar-refractivity contribution < 1.29 is 19.1 Å². The molecule has 0 aliphatic carbocycles. The van der Waals surface area contributed by atoms with Crippen molar-refractivity contribution in [2.75, 3.05) is 7.11 Å². The van der Waals surface area contributed by atoms with Gasteiger partial charge in [0.2, 0.25) is 5.76 Å². The molecule has 2 aromatic heterocycles. The van der Waals surface area contributed by atoms with Crippen LogP contribution in [-0.2, 0) is 11.3 Å². The molecular formula is C12H14N2O4. The van der Waals surface area contributed by atoms with E-state index in [0.717, 1.165) is 0 Å². The minimum Gasteiger partial charge on any atom is -0.463 e. The Morgan fingerprint density at radius 2 is 2.33 bits per heavy atom. The summed E-state index contributed by atoms with van der Waals surface area (Å²) in [6, 6.07) is 4.72. The number of rotatable bonds is 4. The third-order valence-electron chi connectivity index (χ3n) is 2.61. The van der Waals surface area contributed by atoms with Crippen LogP contribution in [0.1, 0.15) is 35.0 Å². The molecule has 0 aromatic carbocycles. The normalized spacial score (nSPS) is 12.4. The van der Waals surface area contributed by atoms with Crippen LogP contribution in [0.4, 0.5) is 0 Å². The Hall–Kier alpha value is -2.08. The molecule has 0 saturated heterocycles. The molecule has 0 spiro atoms. The van der Waals surface area contributed by atoms with Crippen LogP contribution in [0.3, 0.4) is 0 Å². The molecule has 0 fully saturated rings. The van der Waals surface area contributed by atoms with Gasteiger partial charge < -0.3 is 14.3 Å². The topological polar surface area (TPSA) is 77.5 Å². The summed E-state index contributed by atoms with van der Waals surface area (Å²) in [7, 11) is 1.27. The highest BCUT2D eigenvalue weighted by Crippen LogP contribution is 2.23. The van der Waals surface area contributed by atoms with Gasteiger partial charge in [0.15, 0.2) is 6.10 Å². The van der Waals surface area contributed by atoms with E-state index in [0.29, 0.717) is 12.2 Å². The van der Waals surface area contributed by atoms with Crippen LogP contribution < -0.4 is 0 Å². The second-order valence-electron chi connectivity index (χ2n) is 3.67. The highest BCUT2D eigenvalue weighted by atomic mass is 16.5. The van der Waals surface area contributed by atoms with Gasteiger partial charge in [0.05, 0.1) is 12.8 Å². The van der Waals surface area contributed by atoms with Crippen molar-refractivity contribution in [1.82, 2.24) is 9.78 Å². The van der Waals surface area contributed by atoms with Crippen molar-refractivity contribution in [3.05, 3.63) is 41.6 Å². The van der Waals surface area contributed by atoms with E-state index in [-0.39, 0.29) is 11.5 Å². The third kappa shape index (κ3) is 2.14. The summed E-state index contributed by atoms with van der Waals surface area (Å²) in [5, 5.41) is 14.2. The van der Waals surface area contributed by atoms with E-state index in [4.69, 9.17) is 4.42 Å². The maximum absolute atomic E-state index is 11.2. The van der Waals surface area contributed by atoms with E-state index < -0.39 is 12.1 Å². The minimum absolute atomic E-state index is 0.0640. The first kappa shape index (κ1) is 12.4. The van der Waals surface area contributed by atoms with Crippen LogP contribution >= 0.6 is 0 Å². The quantitative estimate of drug-likeness (QED) is 0.829. The Labute approximate surface area is 104 Å². The lowest BCUT2D eigenvalue weighted by Gasteiger charge is -2.09. The molecule has 2 heterocycles. The summed E-state index contributed by atoms with van der Waals surface area (Å²) >= 11 is 0. The number of aromatic nitrogens is 2. The van der Waals surface area contributed by atoms with Gasteiger partial charge in [0.1, 0.15) is 5.76 Å². The number of hydrogen-bond acceptors (Lipinski definition) is 5. The smallest absolute Gasteiger partial charge is 0.373 e. The van der Waals surface area contributed by atoms with Crippen LogP contribution in [0, 0.1) is 0 Å². The van der Waals surface area contributed by atoms with Gasteiger partial charge in [0.25, 0.3) is 0 Å². The molecule has 6 nitrogen and oxygen atoms in total. The zero-order chi connectivity index (χ0) is 13.1. The van der Waals surface area contributed by atoms with Crippen molar-refractivity contribution in [3.63, 3.8) is 0 Å². The Morgan fingerprint density at radius 1 is 1.56 bits per heavy atom. The van der Waals surface area contributed by atoms with Crippen molar-refractivity contribution in [3.8, 4) is 0 Å². The van der Waals surface area contributed by atoms with Crippen LogP contribution in [0.15, 0.2) is 28.8 Å². The molecule has 6 heteroatoms. The Balaban J connectivity index is 2.26. The first-order valence-electron chi connectivity index (χ1n) is 5.55. The first-order chi connectivity index (χ1) is 8.67. The zero-order valence-electron chi connectivity index (χ0n) is 10.2. The molecule has 1 atom stereocenters. The molecule has 0 saturated carbocycles. The summed E-state index contributed by atoms with van der Waals surface area (Å²) < 4.78 is 11.4. The summed E-state index contributed by atoms with van der Waals surface area (Å²) in [5.41, 5.74) is 0.614. The molecule has 2 rings (SSSR count). The second kappa shape index (κ2) is 5.05. The van der Waals surface area contributed by atoms with Crippen molar-refractivity contribution >= 4 is 5.97 Å². The van der Waals surface area contributed by atoms with E-state index in [1.807, 2.05) is 6.92 Å². The highest BCUT2D eigenvalue weighted by molar-refractivity contribution is 5.86. The number of aliphatic hydroxyl groups excluding tert-OH is 1. The second-order valence-corrected chi connectivity index (χ2v) is 3.67. The van der Waals surface area contributed by atoms with Crippen molar-refractivity contribution in [1.29, 1.82) is 0 Å². The fraction of sp³-hybridized carbons (Fsp3) is 0.333. The molecule has 0 radical (unpaired) electrons. The molecule has 0 aliphatic rings. The largest absolute Gasteiger partial charge is 0.463 e. The molecule has 1 unspecified atom stereocenters. The van der Waals surface area contributed by atoms with E-state index in [1.165, 1.54) is 13.2 Å². The fourth-order valence-electron chi connectivity index (χ4n) is 1.70. The number of methoxy groups -OCH3 is 1. The summed E-state index contributed by atoms with van der Waals surface area (Å²) in [4.78, 5) is 11.2. The number of ether oxygens (including phenoxy) is 1. The summed E-state index contributed by atoms with van der Waals surface area (Å²) in [5.74, 6) is -0.225. The number of carbonyl (C=O) groups excluding carboxylic acids is 1. The number of esters is 1. The van der Waals surface area contributed by atoms with Gasteiger partial charge >= 0.3 is 5.97 Å². The summed E-state index contributed by atoms with van der Waals surface area (Å²) in [6.07, 6.45) is 0.650. The highest BCUT2D eigenvalue weighted by Gasteiger charge is 2.20. The molecule has 0 amide bonds. The number of carbonyl (C=O) groups is 1. The Bertz CT molecular complexity index is 544. The number of hydrogen-bond donors (Lipinski definition) is 1. The number of furan rings is 1. The third-order valence-corrected chi connectivity index (χ3v) is 2.61. The van der Waals surface area contributed by atoms with E-state index in [9.17, 15) is 9.90 Å². The molecule has 96 valence electrons. The number of aryl methyl sites for hydroxylation is 1.